The highest BCUT2D eigenvalue weighted by atomic mass is 32.2. The Morgan fingerprint density at radius 1 is 1.33 bits per heavy atom. The molecular formula is C15H21N3O2S. The van der Waals surface area contributed by atoms with E-state index in [-0.39, 0.29) is 19.0 Å². The zero-order chi connectivity index (χ0) is 15.6. The summed E-state index contributed by atoms with van der Waals surface area (Å²) in [6, 6.07) is 5.78. The average molecular weight is 307 g/mol. The molecule has 0 radical (unpaired) electrons. The number of nitrogens with zero attached hydrogens (tertiary/aromatic N) is 2. The maximum absolute atomic E-state index is 13.0. The fraction of sp³-hybridized carbons (Fsp3) is 0.533. The number of aryl methyl sites for hydroxylation is 2. The molecule has 1 N–H and O–H groups in total. The lowest BCUT2D eigenvalue weighted by Crippen LogP contribution is -2.34. The summed E-state index contributed by atoms with van der Waals surface area (Å²) in [5, 5.41) is 11.8. The Morgan fingerprint density at radius 2 is 1.90 bits per heavy atom. The van der Waals surface area contributed by atoms with Crippen LogP contribution in [0.15, 0.2) is 17.0 Å². The van der Waals surface area contributed by atoms with Crippen molar-refractivity contribution in [2.75, 3.05) is 18.9 Å². The number of nitriles is 1. The van der Waals surface area contributed by atoms with Gasteiger partial charge in [-0.3, -0.25) is 0 Å². The number of hydrogen-bond donors (Lipinski definition) is 1. The van der Waals surface area contributed by atoms with Gasteiger partial charge in [0.1, 0.15) is 0 Å². The molecule has 6 heteroatoms. The van der Waals surface area contributed by atoms with Gasteiger partial charge in [-0.15, -0.1) is 0 Å². The minimum atomic E-state index is -3.54. The highest BCUT2D eigenvalue weighted by Crippen LogP contribution is 2.35. The van der Waals surface area contributed by atoms with E-state index in [1.165, 1.54) is 4.31 Å². The highest BCUT2D eigenvalue weighted by Gasteiger charge is 2.38. The Bertz CT molecular complexity index is 650. The van der Waals surface area contributed by atoms with Gasteiger partial charge in [-0.1, -0.05) is 0 Å². The second kappa shape index (κ2) is 6.04. The third kappa shape index (κ3) is 3.20. The molecule has 0 atom stereocenters. The Hall–Kier alpha value is -1.58. The van der Waals surface area contributed by atoms with Crippen molar-refractivity contribution in [2.24, 2.45) is 0 Å². The van der Waals surface area contributed by atoms with Crippen LogP contribution in [0.3, 0.4) is 0 Å². The molecule has 0 unspecified atom stereocenters. The monoisotopic (exact) mass is 307 g/mol. The predicted molar refractivity (Wildman–Crippen MR) is 82.6 cm³/mol. The van der Waals surface area contributed by atoms with Crippen LogP contribution < -0.4 is 5.32 Å². The van der Waals surface area contributed by atoms with Crippen molar-refractivity contribution in [2.45, 2.75) is 44.0 Å². The van der Waals surface area contributed by atoms with Gasteiger partial charge in [-0.2, -0.15) is 9.57 Å². The number of rotatable bonds is 6. The minimum absolute atomic E-state index is 0.0612. The van der Waals surface area contributed by atoms with Crippen molar-refractivity contribution in [3.8, 4) is 6.07 Å². The first-order valence-corrected chi connectivity index (χ1v) is 8.53. The fourth-order valence-electron chi connectivity index (χ4n) is 2.64. The zero-order valence-corrected chi connectivity index (χ0v) is 13.5. The fourth-order valence-corrected chi connectivity index (χ4v) is 4.74. The third-order valence-corrected chi connectivity index (χ3v) is 5.97. The van der Waals surface area contributed by atoms with Crippen molar-refractivity contribution < 1.29 is 8.42 Å². The van der Waals surface area contributed by atoms with Crippen molar-refractivity contribution in [3.05, 3.63) is 23.3 Å². The van der Waals surface area contributed by atoms with Gasteiger partial charge in [0.25, 0.3) is 0 Å². The normalized spacial score (nSPS) is 15.0. The van der Waals surface area contributed by atoms with Gasteiger partial charge < -0.3 is 5.32 Å². The van der Waals surface area contributed by atoms with Crippen LogP contribution in [0.4, 0.5) is 5.69 Å². The maximum Gasteiger partial charge on any atom is 0.243 e. The van der Waals surface area contributed by atoms with E-state index in [1.807, 2.05) is 39.1 Å². The summed E-state index contributed by atoms with van der Waals surface area (Å²) in [4.78, 5) is 0.381. The first-order chi connectivity index (χ1) is 9.91. The highest BCUT2D eigenvalue weighted by molar-refractivity contribution is 7.89. The molecule has 0 saturated heterocycles. The topological polar surface area (TPSA) is 73.2 Å². The maximum atomic E-state index is 13.0. The van der Waals surface area contributed by atoms with Crippen molar-refractivity contribution in [1.82, 2.24) is 4.31 Å². The quantitative estimate of drug-likeness (QED) is 0.876. The summed E-state index contributed by atoms with van der Waals surface area (Å²) in [6.07, 6.45) is 2.00. The van der Waals surface area contributed by atoms with Gasteiger partial charge in [0, 0.05) is 31.7 Å². The molecule has 0 spiro atoms. The molecule has 21 heavy (non-hydrogen) atoms. The standard InChI is InChI=1S/C15H21N3O2S/c1-11-9-13(17-3)10-12(2)15(11)21(19,20)18(8-4-7-16)14-5-6-14/h9-10,14,17H,4-6,8H2,1-3H3. The van der Waals surface area contributed by atoms with Crippen LogP contribution in [0.2, 0.25) is 0 Å². The number of sulfonamides is 1. The summed E-state index contributed by atoms with van der Waals surface area (Å²) in [6.45, 7) is 3.91. The summed E-state index contributed by atoms with van der Waals surface area (Å²) in [5.41, 5.74) is 2.38. The summed E-state index contributed by atoms with van der Waals surface area (Å²) in [5.74, 6) is 0. The first kappa shape index (κ1) is 15.8. The van der Waals surface area contributed by atoms with E-state index < -0.39 is 10.0 Å². The van der Waals surface area contributed by atoms with Crippen molar-refractivity contribution >= 4 is 15.7 Å². The van der Waals surface area contributed by atoms with E-state index in [0.717, 1.165) is 29.7 Å². The lowest BCUT2D eigenvalue weighted by atomic mass is 10.1. The summed E-state index contributed by atoms with van der Waals surface area (Å²) < 4.78 is 27.4. The van der Waals surface area contributed by atoms with Gasteiger partial charge in [0.15, 0.2) is 0 Å². The Balaban J connectivity index is 2.45. The van der Waals surface area contributed by atoms with Gasteiger partial charge in [0.05, 0.1) is 11.0 Å². The molecule has 0 aromatic heterocycles. The lowest BCUT2D eigenvalue weighted by Gasteiger charge is -2.23. The Morgan fingerprint density at radius 3 is 2.33 bits per heavy atom. The van der Waals surface area contributed by atoms with E-state index in [2.05, 4.69) is 5.32 Å². The van der Waals surface area contributed by atoms with Crippen LogP contribution in [-0.2, 0) is 10.0 Å². The number of hydrogen-bond acceptors (Lipinski definition) is 4. The van der Waals surface area contributed by atoms with E-state index in [1.54, 1.807) is 0 Å². The summed E-state index contributed by atoms with van der Waals surface area (Å²) in [7, 11) is -1.73. The van der Waals surface area contributed by atoms with Gasteiger partial charge >= 0.3 is 0 Å². The number of anilines is 1. The molecule has 1 fully saturated rings. The number of benzene rings is 1. The molecule has 5 nitrogen and oxygen atoms in total. The zero-order valence-electron chi connectivity index (χ0n) is 12.7. The van der Waals surface area contributed by atoms with Gasteiger partial charge in [-0.25, -0.2) is 8.42 Å². The third-order valence-electron chi connectivity index (χ3n) is 3.71. The SMILES string of the molecule is CNc1cc(C)c(S(=O)(=O)N(CCC#N)C2CC2)c(C)c1. The molecule has 1 aromatic rings. The molecule has 114 valence electrons. The van der Waals surface area contributed by atoms with Crippen LogP contribution in [0.1, 0.15) is 30.4 Å². The van der Waals surface area contributed by atoms with E-state index in [0.29, 0.717) is 4.90 Å². The molecule has 1 saturated carbocycles. The molecule has 0 heterocycles. The molecular weight excluding hydrogens is 286 g/mol. The van der Waals surface area contributed by atoms with Crippen LogP contribution >= 0.6 is 0 Å². The van der Waals surface area contributed by atoms with Crippen LogP contribution in [0.25, 0.3) is 0 Å². The van der Waals surface area contributed by atoms with Gasteiger partial charge in [0.2, 0.25) is 10.0 Å². The molecule has 1 aliphatic carbocycles. The average Bonchev–Trinajstić information content (AvgIpc) is 3.22. The largest absolute Gasteiger partial charge is 0.388 e. The van der Waals surface area contributed by atoms with E-state index >= 15 is 0 Å². The van der Waals surface area contributed by atoms with Crippen molar-refractivity contribution in [1.29, 1.82) is 5.26 Å². The molecule has 2 rings (SSSR count). The van der Waals surface area contributed by atoms with Crippen LogP contribution in [0.5, 0.6) is 0 Å². The molecule has 0 amide bonds. The minimum Gasteiger partial charge on any atom is -0.388 e. The van der Waals surface area contributed by atoms with Crippen LogP contribution in [0, 0.1) is 25.2 Å². The molecule has 1 aromatic carbocycles. The predicted octanol–water partition coefficient (Wildman–Crippen LogP) is 2.41. The molecule has 0 aliphatic heterocycles. The van der Waals surface area contributed by atoms with Gasteiger partial charge in [-0.05, 0) is 49.9 Å². The number of nitrogens with one attached hydrogen (secondary N) is 1. The Labute approximate surface area is 126 Å². The molecule has 1 aliphatic rings. The van der Waals surface area contributed by atoms with Crippen molar-refractivity contribution in [3.63, 3.8) is 0 Å². The molecule has 0 bridgehead atoms. The smallest absolute Gasteiger partial charge is 0.243 e. The summed E-state index contributed by atoms with van der Waals surface area (Å²) >= 11 is 0. The van der Waals surface area contributed by atoms with E-state index in [4.69, 9.17) is 5.26 Å². The first-order valence-electron chi connectivity index (χ1n) is 7.09. The van der Waals surface area contributed by atoms with Crippen LogP contribution in [-0.4, -0.2) is 32.4 Å². The Kier molecular flexibility index (Phi) is 4.55. The lowest BCUT2D eigenvalue weighted by molar-refractivity contribution is 0.410. The second-order valence-electron chi connectivity index (χ2n) is 5.44. The van der Waals surface area contributed by atoms with E-state index in [9.17, 15) is 8.42 Å². The second-order valence-corrected chi connectivity index (χ2v) is 7.27.